The fraction of sp³-hybridized carbons (Fsp3) is 0.167. The standard InChI is InChI=1S/C18H15ClF2N4O2/c1-3-14-16(11-8-7-10(20)9-12(11)19)18(24(2)23-14)22-17-13(21)5-4-6-15(17)25(26)27/h4-9,22H,3H2,1-2H3. The molecule has 1 heterocycles. The molecule has 0 fully saturated rings. The molecule has 0 spiro atoms. The van der Waals surface area contributed by atoms with Crippen molar-refractivity contribution in [1.29, 1.82) is 0 Å². The Morgan fingerprint density at radius 3 is 2.67 bits per heavy atom. The summed E-state index contributed by atoms with van der Waals surface area (Å²) in [5, 5.41) is 18.6. The summed E-state index contributed by atoms with van der Waals surface area (Å²) < 4.78 is 29.2. The van der Waals surface area contributed by atoms with Crippen LogP contribution in [0.15, 0.2) is 36.4 Å². The van der Waals surface area contributed by atoms with E-state index in [1.807, 2.05) is 6.92 Å². The molecule has 0 saturated heterocycles. The van der Waals surface area contributed by atoms with E-state index in [1.165, 1.54) is 35.0 Å². The fourth-order valence-corrected chi connectivity index (χ4v) is 3.11. The lowest BCUT2D eigenvalue weighted by molar-refractivity contribution is -0.384. The molecule has 0 radical (unpaired) electrons. The van der Waals surface area contributed by atoms with Crippen molar-refractivity contribution in [2.75, 3.05) is 5.32 Å². The number of aromatic nitrogens is 2. The van der Waals surface area contributed by atoms with Crippen molar-refractivity contribution in [3.63, 3.8) is 0 Å². The molecule has 6 nitrogen and oxygen atoms in total. The van der Waals surface area contributed by atoms with E-state index >= 15 is 0 Å². The summed E-state index contributed by atoms with van der Waals surface area (Å²) in [4.78, 5) is 10.6. The van der Waals surface area contributed by atoms with Crippen LogP contribution in [0, 0.1) is 21.7 Å². The molecule has 3 rings (SSSR count). The molecule has 0 aliphatic carbocycles. The zero-order chi connectivity index (χ0) is 19.7. The zero-order valence-electron chi connectivity index (χ0n) is 14.5. The molecule has 0 atom stereocenters. The number of hydrogen-bond donors (Lipinski definition) is 1. The van der Waals surface area contributed by atoms with Gasteiger partial charge in [-0.2, -0.15) is 5.10 Å². The van der Waals surface area contributed by atoms with E-state index in [-0.39, 0.29) is 10.7 Å². The molecule has 0 unspecified atom stereocenters. The average molecular weight is 393 g/mol. The van der Waals surface area contributed by atoms with Crippen LogP contribution in [0.25, 0.3) is 11.1 Å². The quantitative estimate of drug-likeness (QED) is 0.476. The first-order valence-electron chi connectivity index (χ1n) is 8.04. The summed E-state index contributed by atoms with van der Waals surface area (Å²) in [5.41, 5.74) is 0.956. The number of benzene rings is 2. The second-order valence-electron chi connectivity index (χ2n) is 5.79. The van der Waals surface area contributed by atoms with Gasteiger partial charge in [0, 0.05) is 24.2 Å². The van der Waals surface area contributed by atoms with E-state index in [1.54, 1.807) is 7.05 Å². The number of anilines is 2. The summed E-state index contributed by atoms with van der Waals surface area (Å²) in [6.07, 6.45) is 0.526. The molecular formula is C18H15ClF2N4O2. The minimum atomic E-state index is -0.778. The summed E-state index contributed by atoms with van der Waals surface area (Å²) in [7, 11) is 1.62. The van der Waals surface area contributed by atoms with Crippen LogP contribution in [0.3, 0.4) is 0 Å². The average Bonchev–Trinajstić information content (AvgIpc) is 2.92. The van der Waals surface area contributed by atoms with E-state index in [9.17, 15) is 18.9 Å². The molecule has 0 amide bonds. The van der Waals surface area contributed by atoms with Crippen molar-refractivity contribution in [2.24, 2.45) is 7.05 Å². The number of nitrogens with one attached hydrogen (secondary N) is 1. The van der Waals surface area contributed by atoms with Crippen LogP contribution in [0.1, 0.15) is 12.6 Å². The molecule has 0 aliphatic rings. The third-order valence-corrected chi connectivity index (χ3v) is 4.40. The Morgan fingerprint density at radius 1 is 1.30 bits per heavy atom. The van der Waals surface area contributed by atoms with Crippen LogP contribution in [-0.4, -0.2) is 14.7 Å². The van der Waals surface area contributed by atoms with Crippen molar-refractivity contribution < 1.29 is 13.7 Å². The number of nitrogens with zero attached hydrogens (tertiary/aromatic N) is 3. The van der Waals surface area contributed by atoms with Gasteiger partial charge in [0.05, 0.1) is 15.6 Å². The number of hydrogen-bond acceptors (Lipinski definition) is 4. The first-order chi connectivity index (χ1) is 12.8. The summed E-state index contributed by atoms with van der Waals surface area (Å²) >= 11 is 6.20. The molecular weight excluding hydrogens is 378 g/mol. The van der Waals surface area contributed by atoms with Gasteiger partial charge in [-0.15, -0.1) is 0 Å². The first kappa shape index (κ1) is 18.8. The Hall–Kier alpha value is -3.00. The smallest absolute Gasteiger partial charge is 0.295 e. The highest BCUT2D eigenvalue weighted by atomic mass is 35.5. The van der Waals surface area contributed by atoms with Crippen molar-refractivity contribution in [1.82, 2.24) is 9.78 Å². The third kappa shape index (κ3) is 3.48. The second kappa shape index (κ2) is 7.32. The molecule has 0 bridgehead atoms. The van der Waals surface area contributed by atoms with E-state index in [0.717, 1.165) is 6.07 Å². The summed E-state index contributed by atoms with van der Waals surface area (Å²) in [5.74, 6) is -0.960. The minimum absolute atomic E-state index is 0.156. The Balaban J connectivity index is 2.21. The van der Waals surface area contributed by atoms with Gasteiger partial charge in [-0.05, 0) is 30.7 Å². The van der Waals surface area contributed by atoms with Crippen molar-refractivity contribution in [3.8, 4) is 11.1 Å². The monoisotopic (exact) mass is 392 g/mol. The predicted molar refractivity (Wildman–Crippen MR) is 99.3 cm³/mol. The molecule has 27 heavy (non-hydrogen) atoms. The maximum absolute atomic E-state index is 14.3. The molecule has 2 aromatic carbocycles. The Kier molecular flexibility index (Phi) is 5.09. The number of para-hydroxylation sites is 1. The van der Waals surface area contributed by atoms with E-state index in [4.69, 9.17) is 11.6 Å². The number of nitro groups is 1. The molecule has 1 N–H and O–H groups in total. The van der Waals surface area contributed by atoms with Gasteiger partial charge in [-0.1, -0.05) is 24.6 Å². The molecule has 3 aromatic rings. The number of rotatable bonds is 5. The fourth-order valence-electron chi connectivity index (χ4n) is 2.85. The number of nitro benzene ring substituents is 1. The van der Waals surface area contributed by atoms with Crippen molar-refractivity contribution >= 4 is 28.8 Å². The first-order valence-corrected chi connectivity index (χ1v) is 8.42. The summed E-state index contributed by atoms with van der Waals surface area (Å²) in [6, 6.07) is 7.50. The topological polar surface area (TPSA) is 73.0 Å². The zero-order valence-corrected chi connectivity index (χ0v) is 15.2. The number of aryl methyl sites for hydroxylation is 2. The summed E-state index contributed by atoms with van der Waals surface area (Å²) in [6.45, 7) is 1.87. The molecule has 1 aromatic heterocycles. The van der Waals surface area contributed by atoms with Crippen LogP contribution in [0.4, 0.5) is 26.0 Å². The van der Waals surface area contributed by atoms with Gasteiger partial charge >= 0.3 is 0 Å². The lowest BCUT2D eigenvalue weighted by atomic mass is 10.0. The van der Waals surface area contributed by atoms with Gasteiger partial charge in [0.25, 0.3) is 5.69 Å². The molecule has 140 valence electrons. The largest absolute Gasteiger partial charge is 0.332 e. The Labute approximate surface area is 158 Å². The van der Waals surface area contributed by atoms with Crippen LogP contribution in [0.5, 0.6) is 0 Å². The predicted octanol–water partition coefficient (Wildman–Crippen LogP) is 5.23. The van der Waals surface area contributed by atoms with Gasteiger partial charge in [-0.25, -0.2) is 8.78 Å². The van der Waals surface area contributed by atoms with Crippen LogP contribution in [-0.2, 0) is 13.5 Å². The van der Waals surface area contributed by atoms with E-state index < -0.39 is 22.2 Å². The SMILES string of the molecule is CCc1nn(C)c(Nc2c(F)cccc2[N+](=O)[O-])c1-c1ccc(F)cc1Cl. The Bertz CT molecular complexity index is 1040. The van der Waals surface area contributed by atoms with Gasteiger partial charge in [0.2, 0.25) is 0 Å². The van der Waals surface area contributed by atoms with E-state index in [2.05, 4.69) is 10.4 Å². The highest BCUT2D eigenvalue weighted by Crippen LogP contribution is 2.39. The van der Waals surface area contributed by atoms with E-state index in [0.29, 0.717) is 29.1 Å². The Morgan fingerprint density at radius 2 is 2.04 bits per heavy atom. The normalized spacial score (nSPS) is 10.9. The van der Waals surface area contributed by atoms with Crippen LogP contribution < -0.4 is 5.32 Å². The maximum Gasteiger partial charge on any atom is 0.295 e. The lowest BCUT2D eigenvalue weighted by Gasteiger charge is -2.12. The van der Waals surface area contributed by atoms with Gasteiger partial charge in [0.1, 0.15) is 11.6 Å². The third-order valence-electron chi connectivity index (χ3n) is 4.09. The lowest BCUT2D eigenvalue weighted by Crippen LogP contribution is -2.04. The van der Waals surface area contributed by atoms with Gasteiger partial charge in [-0.3, -0.25) is 14.8 Å². The highest BCUT2D eigenvalue weighted by molar-refractivity contribution is 6.33. The molecule has 0 aliphatic heterocycles. The number of halogens is 3. The highest BCUT2D eigenvalue weighted by Gasteiger charge is 2.24. The maximum atomic E-state index is 14.3. The molecule has 9 heteroatoms. The minimum Gasteiger partial charge on any atom is -0.332 e. The second-order valence-corrected chi connectivity index (χ2v) is 6.19. The van der Waals surface area contributed by atoms with Gasteiger partial charge in [0.15, 0.2) is 11.5 Å². The van der Waals surface area contributed by atoms with Crippen molar-refractivity contribution in [2.45, 2.75) is 13.3 Å². The van der Waals surface area contributed by atoms with Crippen LogP contribution in [0.2, 0.25) is 5.02 Å². The van der Waals surface area contributed by atoms with Gasteiger partial charge < -0.3 is 5.32 Å². The van der Waals surface area contributed by atoms with Crippen LogP contribution >= 0.6 is 11.6 Å². The molecule has 0 saturated carbocycles. The van der Waals surface area contributed by atoms with Crippen molar-refractivity contribution in [3.05, 3.63) is 68.9 Å².